The molecule has 1 aromatic heterocycles. The molecule has 13 rings (SSSR count). The van der Waals surface area contributed by atoms with Gasteiger partial charge in [-0.2, -0.15) is 0 Å². The molecule has 0 saturated carbocycles. The van der Waals surface area contributed by atoms with Crippen molar-refractivity contribution in [3.8, 4) is 83.9 Å². The molecule has 0 radical (unpaired) electrons. The maximum Gasteiger partial charge on any atom is 0.256 e. The van der Waals surface area contributed by atoms with E-state index in [1.165, 1.54) is 127 Å². The van der Waals surface area contributed by atoms with Crippen LogP contribution in [0.25, 0.3) is 94.3 Å². The molecular weight excluding hydrogens is 834 g/mol. The van der Waals surface area contributed by atoms with E-state index in [9.17, 15) is 0 Å². The highest BCUT2D eigenvalue weighted by atomic mass is 16.5. The monoisotopic (exact) mass is 883 g/mol. The van der Waals surface area contributed by atoms with Crippen LogP contribution in [-0.2, 0) is 0 Å². The molecule has 0 aliphatic carbocycles. The van der Waals surface area contributed by atoms with Crippen LogP contribution in [0.5, 0.6) is 11.5 Å². The Morgan fingerprint density at radius 1 is 0.377 bits per heavy atom. The number of aromatic nitrogens is 1. The van der Waals surface area contributed by atoms with Crippen LogP contribution in [0.1, 0.15) is 33.4 Å². The van der Waals surface area contributed by atoms with Crippen LogP contribution in [0.4, 0.5) is 0 Å². The first-order valence-corrected chi connectivity index (χ1v) is 24.3. The van der Waals surface area contributed by atoms with Crippen LogP contribution in [-0.4, -0.2) is 11.3 Å². The summed E-state index contributed by atoms with van der Waals surface area (Å²) in [6, 6.07) is 72.3. The molecule has 11 aromatic rings. The molecule has 0 saturated heterocycles. The highest BCUT2D eigenvalue weighted by Crippen LogP contribution is 2.47. The topological polar surface area (TPSA) is 14.2 Å². The van der Waals surface area contributed by atoms with E-state index < -0.39 is 0 Å². The number of benzene rings is 10. The molecule has 3 heteroatoms. The van der Waals surface area contributed by atoms with Crippen molar-refractivity contribution in [1.29, 1.82) is 0 Å². The lowest BCUT2D eigenvalue weighted by Crippen LogP contribution is -2.58. The molecule has 2 aliphatic heterocycles. The number of aryl methyl sites for hydroxylation is 6. The van der Waals surface area contributed by atoms with Gasteiger partial charge in [0.2, 0.25) is 0 Å². The van der Waals surface area contributed by atoms with Crippen LogP contribution >= 0.6 is 0 Å². The van der Waals surface area contributed by atoms with Crippen LogP contribution < -0.4 is 21.1 Å². The predicted octanol–water partition coefficient (Wildman–Crippen LogP) is 15.6. The molecule has 0 N–H and O–H groups in total. The highest BCUT2D eigenvalue weighted by molar-refractivity contribution is 6.99. The van der Waals surface area contributed by atoms with Gasteiger partial charge in [0.15, 0.2) is 0 Å². The van der Waals surface area contributed by atoms with Crippen molar-refractivity contribution in [3.63, 3.8) is 0 Å². The fraction of sp³-hybridized carbons (Fsp3) is 0.0909. The fourth-order valence-corrected chi connectivity index (χ4v) is 12.4. The minimum Gasteiger partial charge on any atom is -0.458 e. The first-order chi connectivity index (χ1) is 33.7. The second-order valence-electron chi connectivity index (χ2n) is 19.6. The van der Waals surface area contributed by atoms with Crippen molar-refractivity contribution in [2.45, 2.75) is 41.5 Å². The Morgan fingerprint density at radius 3 is 1.52 bits per heavy atom. The summed E-state index contributed by atoms with van der Waals surface area (Å²) >= 11 is 0. The zero-order valence-electron chi connectivity index (χ0n) is 39.9. The molecule has 3 heterocycles. The van der Waals surface area contributed by atoms with Crippen LogP contribution in [0.3, 0.4) is 0 Å². The number of ether oxygens (including phenoxy) is 1. The molecule has 0 spiro atoms. The summed E-state index contributed by atoms with van der Waals surface area (Å²) in [6.07, 6.45) is 0. The average molecular weight is 884 g/mol. The van der Waals surface area contributed by atoms with Crippen LogP contribution in [0, 0.1) is 41.5 Å². The smallest absolute Gasteiger partial charge is 0.256 e. The van der Waals surface area contributed by atoms with Gasteiger partial charge in [0.1, 0.15) is 11.5 Å². The van der Waals surface area contributed by atoms with E-state index in [-0.39, 0.29) is 6.71 Å². The van der Waals surface area contributed by atoms with Gasteiger partial charge in [-0.05, 0) is 178 Å². The molecular formula is C66H50BNO. The van der Waals surface area contributed by atoms with Gasteiger partial charge < -0.3 is 9.30 Å². The minimum absolute atomic E-state index is 0.127. The van der Waals surface area contributed by atoms with Gasteiger partial charge in [0, 0.05) is 27.5 Å². The Balaban J connectivity index is 1.16. The third kappa shape index (κ3) is 6.41. The van der Waals surface area contributed by atoms with Crippen molar-refractivity contribution in [3.05, 3.63) is 228 Å². The SMILES string of the molecule is Cc1cc(C)c(-c2ccc3c(c2)c2cc(-c4c(C)cc(C)cc4C)cc4c2n3-c2cccc3c2B4c2cc(-c4ccccc4-c4ccccc4)cc(-c4ccccc4-c4ccccc4)c2O3)c(C)c1. The maximum absolute atomic E-state index is 7.47. The molecule has 0 atom stereocenters. The van der Waals surface area contributed by atoms with E-state index in [4.69, 9.17) is 4.74 Å². The van der Waals surface area contributed by atoms with Crippen molar-refractivity contribution >= 4 is 44.9 Å². The lowest BCUT2D eigenvalue weighted by atomic mass is 9.34. The minimum atomic E-state index is -0.127. The third-order valence-corrected chi connectivity index (χ3v) is 15.0. The van der Waals surface area contributed by atoms with Gasteiger partial charge in [-0.1, -0.05) is 169 Å². The van der Waals surface area contributed by atoms with E-state index >= 15 is 0 Å². The van der Waals surface area contributed by atoms with Crippen molar-refractivity contribution in [2.24, 2.45) is 0 Å². The first kappa shape index (κ1) is 41.1. The number of hydrogen-bond acceptors (Lipinski definition) is 1. The first-order valence-electron chi connectivity index (χ1n) is 24.3. The Bertz CT molecular complexity index is 3890. The number of fused-ring (bicyclic) bond motifs is 7. The summed E-state index contributed by atoms with van der Waals surface area (Å²) in [5.74, 6) is 1.81. The quantitative estimate of drug-likeness (QED) is 0.152. The van der Waals surface area contributed by atoms with Crippen LogP contribution in [0.2, 0.25) is 0 Å². The molecule has 2 aliphatic rings. The highest BCUT2D eigenvalue weighted by Gasteiger charge is 2.42. The van der Waals surface area contributed by atoms with E-state index in [0.717, 1.165) is 28.2 Å². The normalized spacial score (nSPS) is 12.3. The average Bonchev–Trinajstić information content (AvgIpc) is 3.68. The van der Waals surface area contributed by atoms with Gasteiger partial charge in [0.25, 0.3) is 6.71 Å². The Hall–Kier alpha value is -8.14. The molecule has 0 fully saturated rings. The zero-order valence-corrected chi connectivity index (χ0v) is 39.9. The van der Waals surface area contributed by atoms with Gasteiger partial charge in [0.05, 0.1) is 5.52 Å². The van der Waals surface area contributed by atoms with Crippen molar-refractivity contribution < 1.29 is 4.74 Å². The lowest BCUT2D eigenvalue weighted by molar-refractivity contribution is 0.489. The van der Waals surface area contributed by atoms with Crippen molar-refractivity contribution in [2.75, 3.05) is 0 Å². The molecule has 2 nitrogen and oxygen atoms in total. The largest absolute Gasteiger partial charge is 0.458 e. The van der Waals surface area contributed by atoms with Crippen molar-refractivity contribution in [1.82, 2.24) is 4.57 Å². The maximum atomic E-state index is 7.47. The Labute approximate surface area is 405 Å². The number of hydrogen-bond donors (Lipinski definition) is 0. The van der Waals surface area contributed by atoms with Gasteiger partial charge in [-0.15, -0.1) is 0 Å². The molecule has 0 amide bonds. The van der Waals surface area contributed by atoms with Gasteiger partial charge in [-0.25, -0.2) is 0 Å². The lowest BCUT2D eigenvalue weighted by Gasteiger charge is -2.35. The summed E-state index contributed by atoms with van der Waals surface area (Å²) in [6.45, 7) is 13.3. The molecule has 0 bridgehead atoms. The molecule has 328 valence electrons. The van der Waals surface area contributed by atoms with Gasteiger partial charge >= 0.3 is 0 Å². The van der Waals surface area contributed by atoms with Gasteiger partial charge in [-0.3, -0.25) is 0 Å². The second-order valence-corrected chi connectivity index (χ2v) is 19.6. The summed E-state index contributed by atoms with van der Waals surface area (Å²) < 4.78 is 10.0. The summed E-state index contributed by atoms with van der Waals surface area (Å²) in [5.41, 5.74) is 29.5. The Kier molecular flexibility index (Phi) is 9.36. The molecule has 10 aromatic carbocycles. The van der Waals surface area contributed by atoms with E-state index in [1.807, 2.05) is 0 Å². The standard InChI is InChI=1S/C66H50BNO/c1-39-30-41(3)62(42(4)31-39)47-28-29-59-54(34-47)55-36-49(63-43(5)32-40(2)33-44(63)6)38-57-65(55)68(59)60-26-17-27-61-64(60)67(57)58-37-48(52-24-14-13-22-50(52)45-18-9-7-10-19-45)35-56(66(58)69-61)53-25-16-15-23-51(53)46-20-11-8-12-21-46/h7-38H,1-6H3. The summed E-state index contributed by atoms with van der Waals surface area (Å²) in [4.78, 5) is 0. The third-order valence-electron chi connectivity index (χ3n) is 15.0. The summed E-state index contributed by atoms with van der Waals surface area (Å²) in [7, 11) is 0. The molecule has 69 heavy (non-hydrogen) atoms. The zero-order chi connectivity index (χ0) is 46.7. The second kappa shape index (κ2) is 15.7. The fourth-order valence-electron chi connectivity index (χ4n) is 12.4. The van der Waals surface area contributed by atoms with Crippen LogP contribution in [0.15, 0.2) is 194 Å². The number of rotatable bonds is 6. The Morgan fingerprint density at radius 2 is 0.899 bits per heavy atom. The summed E-state index contributed by atoms with van der Waals surface area (Å²) in [5, 5.41) is 2.53. The molecule has 0 unspecified atom stereocenters. The van der Waals surface area contributed by atoms with E-state index in [0.29, 0.717) is 0 Å². The predicted molar refractivity (Wildman–Crippen MR) is 293 cm³/mol. The van der Waals surface area contributed by atoms with E-state index in [2.05, 4.69) is 240 Å². The number of nitrogens with zero attached hydrogens (tertiary/aromatic N) is 1. The van der Waals surface area contributed by atoms with E-state index in [1.54, 1.807) is 0 Å².